The highest BCUT2D eigenvalue weighted by Crippen LogP contribution is 2.28. The molecule has 2 unspecified atom stereocenters. The second-order valence-corrected chi connectivity index (χ2v) is 4.54. The third kappa shape index (κ3) is 2.22. The summed E-state index contributed by atoms with van der Waals surface area (Å²) in [6.07, 6.45) is 1.49. The molecule has 0 amide bonds. The fourth-order valence-corrected chi connectivity index (χ4v) is 2.01. The van der Waals surface area contributed by atoms with Crippen molar-refractivity contribution in [2.24, 2.45) is 0 Å². The molecular weight excluding hydrogens is 166 g/mol. The quantitative estimate of drug-likeness (QED) is 0.680. The number of aliphatic hydroxyl groups is 2. The van der Waals surface area contributed by atoms with Crippen LogP contribution in [0.15, 0.2) is 0 Å². The van der Waals surface area contributed by atoms with Gasteiger partial charge in [-0.1, -0.05) is 6.92 Å². The van der Waals surface area contributed by atoms with Crippen molar-refractivity contribution in [1.29, 1.82) is 0 Å². The first-order valence-corrected chi connectivity index (χ1v) is 5.07. The van der Waals surface area contributed by atoms with E-state index in [-0.39, 0.29) is 24.3 Å². The van der Waals surface area contributed by atoms with Gasteiger partial charge in [0, 0.05) is 18.1 Å². The maximum Gasteiger partial charge on any atom is 0.0683 e. The summed E-state index contributed by atoms with van der Waals surface area (Å²) in [5.74, 6) is 0. The van der Waals surface area contributed by atoms with E-state index in [4.69, 9.17) is 5.11 Å². The van der Waals surface area contributed by atoms with Crippen molar-refractivity contribution in [3.05, 3.63) is 0 Å². The number of aliphatic hydroxyl groups excluding tert-OH is 2. The number of nitrogens with zero attached hydrogens (tertiary/aromatic N) is 1. The third-order valence-electron chi connectivity index (χ3n) is 3.25. The van der Waals surface area contributed by atoms with Crippen molar-refractivity contribution in [1.82, 2.24) is 4.90 Å². The zero-order valence-electron chi connectivity index (χ0n) is 8.82. The fraction of sp³-hybridized carbons (Fsp3) is 1.00. The van der Waals surface area contributed by atoms with Crippen molar-refractivity contribution >= 4 is 0 Å². The topological polar surface area (TPSA) is 43.7 Å². The highest BCUT2D eigenvalue weighted by molar-refractivity contribution is 4.93. The predicted octanol–water partition coefficient (Wildman–Crippen LogP) is 0.602. The van der Waals surface area contributed by atoms with Crippen LogP contribution in [-0.2, 0) is 0 Å². The van der Waals surface area contributed by atoms with Crippen LogP contribution in [0.2, 0.25) is 0 Å². The van der Waals surface area contributed by atoms with Gasteiger partial charge in [-0.25, -0.2) is 0 Å². The number of β-amino-alcohol motifs (C(OH)–C–C–N with tert-alkyl or cyclic N) is 1. The molecule has 0 aromatic carbocycles. The van der Waals surface area contributed by atoms with E-state index in [2.05, 4.69) is 25.7 Å². The van der Waals surface area contributed by atoms with E-state index < -0.39 is 0 Å². The van der Waals surface area contributed by atoms with E-state index in [9.17, 15) is 5.11 Å². The van der Waals surface area contributed by atoms with Crippen molar-refractivity contribution in [3.63, 3.8) is 0 Å². The zero-order chi connectivity index (χ0) is 10.1. The lowest BCUT2D eigenvalue weighted by Crippen LogP contribution is -2.47. The first-order chi connectivity index (χ1) is 6.01. The van der Waals surface area contributed by atoms with Gasteiger partial charge in [0.15, 0.2) is 0 Å². The molecule has 0 aliphatic carbocycles. The SMILES string of the molecule is CCC(C)(C)N1CC(O)CC1CO. The molecule has 78 valence electrons. The fourth-order valence-electron chi connectivity index (χ4n) is 2.01. The van der Waals surface area contributed by atoms with Crippen molar-refractivity contribution in [2.45, 2.75) is 51.3 Å². The van der Waals surface area contributed by atoms with Crippen LogP contribution in [0.3, 0.4) is 0 Å². The Hall–Kier alpha value is -0.120. The predicted molar refractivity (Wildman–Crippen MR) is 52.6 cm³/mol. The van der Waals surface area contributed by atoms with Crippen LogP contribution in [0.1, 0.15) is 33.6 Å². The molecule has 3 heteroatoms. The van der Waals surface area contributed by atoms with Crippen LogP contribution >= 0.6 is 0 Å². The molecule has 0 bridgehead atoms. The van der Waals surface area contributed by atoms with Crippen LogP contribution in [-0.4, -0.2) is 45.9 Å². The summed E-state index contributed by atoms with van der Waals surface area (Å²) in [7, 11) is 0. The first kappa shape index (κ1) is 11.0. The van der Waals surface area contributed by atoms with Gasteiger partial charge >= 0.3 is 0 Å². The molecule has 0 spiro atoms. The molecule has 0 radical (unpaired) electrons. The van der Waals surface area contributed by atoms with Crippen LogP contribution in [0.5, 0.6) is 0 Å². The van der Waals surface area contributed by atoms with Gasteiger partial charge in [0.1, 0.15) is 0 Å². The van der Waals surface area contributed by atoms with Gasteiger partial charge in [0.25, 0.3) is 0 Å². The molecule has 1 heterocycles. The molecule has 1 saturated heterocycles. The highest BCUT2D eigenvalue weighted by Gasteiger charge is 2.38. The molecule has 13 heavy (non-hydrogen) atoms. The van der Waals surface area contributed by atoms with Gasteiger partial charge in [-0.3, -0.25) is 4.90 Å². The largest absolute Gasteiger partial charge is 0.395 e. The van der Waals surface area contributed by atoms with Gasteiger partial charge in [-0.15, -0.1) is 0 Å². The molecule has 0 saturated carbocycles. The Morgan fingerprint density at radius 3 is 2.54 bits per heavy atom. The molecule has 0 aromatic rings. The van der Waals surface area contributed by atoms with Crippen molar-refractivity contribution < 1.29 is 10.2 Å². The monoisotopic (exact) mass is 187 g/mol. The number of rotatable bonds is 3. The summed E-state index contributed by atoms with van der Waals surface area (Å²) < 4.78 is 0. The Morgan fingerprint density at radius 1 is 1.46 bits per heavy atom. The van der Waals surface area contributed by atoms with Crippen LogP contribution in [0, 0.1) is 0 Å². The third-order valence-corrected chi connectivity index (χ3v) is 3.25. The molecule has 1 aliphatic heterocycles. The number of hydrogen-bond acceptors (Lipinski definition) is 3. The summed E-state index contributed by atoms with van der Waals surface area (Å²) in [5.41, 5.74) is 0.0882. The number of hydrogen-bond donors (Lipinski definition) is 2. The summed E-state index contributed by atoms with van der Waals surface area (Å²) in [6.45, 7) is 7.31. The smallest absolute Gasteiger partial charge is 0.0683 e. The van der Waals surface area contributed by atoms with Gasteiger partial charge in [-0.2, -0.15) is 0 Å². The molecule has 2 atom stereocenters. The molecule has 1 fully saturated rings. The van der Waals surface area contributed by atoms with E-state index in [0.717, 1.165) is 6.42 Å². The van der Waals surface area contributed by atoms with Crippen LogP contribution in [0.25, 0.3) is 0 Å². The lowest BCUT2D eigenvalue weighted by Gasteiger charge is -2.38. The van der Waals surface area contributed by atoms with Crippen LogP contribution < -0.4 is 0 Å². The first-order valence-electron chi connectivity index (χ1n) is 5.07. The van der Waals surface area contributed by atoms with E-state index in [0.29, 0.717) is 13.0 Å². The summed E-state index contributed by atoms with van der Waals surface area (Å²) in [6, 6.07) is 0.143. The standard InChI is InChI=1S/C10H21NO2/c1-4-10(2,3)11-6-9(13)5-8(11)7-12/h8-9,12-13H,4-7H2,1-3H3. The Kier molecular flexibility index (Phi) is 3.33. The normalized spacial score (nSPS) is 31.2. The maximum absolute atomic E-state index is 9.51. The van der Waals surface area contributed by atoms with Crippen molar-refractivity contribution in [3.8, 4) is 0 Å². The zero-order valence-corrected chi connectivity index (χ0v) is 8.82. The Morgan fingerprint density at radius 2 is 2.08 bits per heavy atom. The second kappa shape index (κ2) is 3.95. The minimum atomic E-state index is -0.261. The molecule has 1 rings (SSSR count). The average molecular weight is 187 g/mol. The molecular formula is C10H21NO2. The minimum Gasteiger partial charge on any atom is -0.395 e. The summed E-state index contributed by atoms with van der Waals surface area (Å²) >= 11 is 0. The van der Waals surface area contributed by atoms with Crippen LogP contribution in [0.4, 0.5) is 0 Å². The van der Waals surface area contributed by atoms with E-state index in [1.807, 2.05) is 0 Å². The number of likely N-dealkylation sites (tertiary alicyclic amines) is 1. The summed E-state index contributed by atoms with van der Waals surface area (Å²) in [5, 5.41) is 18.7. The van der Waals surface area contributed by atoms with Gasteiger partial charge in [0.05, 0.1) is 12.7 Å². The lowest BCUT2D eigenvalue weighted by molar-refractivity contribution is 0.0609. The molecule has 1 aliphatic rings. The van der Waals surface area contributed by atoms with E-state index in [1.165, 1.54) is 0 Å². The lowest BCUT2D eigenvalue weighted by atomic mass is 9.98. The molecule has 2 N–H and O–H groups in total. The average Bonchev–Trinajstić information content (AvgIpc) is 2.47. The second-order valence-electron chi connectivity index (χ2n) is 4.54. The summed E-state index contributed by atoms with van der Waals surface area (Å²) in [4.78, 5) is 2.22. The van der Waals surface area contributed by atoms with Gasteiger partial charge in [0.2, 0.25) is 0 Å². The minimum absolute atomic E-state index is 0.0882. The Balaban J connectivity index is 2.67. The van der Waals surface area contributed by atoms with Gasteiger partial charge in [-0.05, 0) is 26.7 Å². The maximum atomic E-state index is 9.51. The molecule has 0 aromatic heterocycles. The van der Waals surface area contributed by atoms with E-state index in [1.54, 1.807) is 0 Å². The highest BCUT2D eigenvalue weighted by atomic mass is 16.3. The van der Waals surface area contributed by atoms with E-state index >= 15 is 0 Å². The Labute approximate surface area is 80.4 Å². The van der Waals surface area contributed by atoms with Crippen molar-refractivity contribution in [2.75, 3.05) is 13.2 Å². The van der Waals surface area contributed by atoms with Gasteiger partial charge < -0.3 is 10.2 Å². The Bertz CT molecular complexity index is 170. The molecule has 3 nitrogen and oxygen atoms in total.